The van der Waals surface area contributed by atoms with Crippen LogP contribution in [0.4, 0.5) is 30.2 Å². The van der Waals surface area contributed by atoms with Crippen LogP contribution in [0.2, 0.25) is 5.02 Å². The molecule has 3 aromatic rings. The number of amides is 1. The van der Waals surface area contributed by atoms with Crippen molar-refractivity contribution in [1.29, 1.82) is 0 Å². The summed E-state index contributed by atoms with van der Waals surface area (Å²) in [5, 5.41) is 5.11. The number of carbonyl (C=O) groups is 2. The molecule has 1 amide bonds. The molecule has 0 fully saturated rings. The highest BCUT2D eigenvalue weighted by Crippen LogP contribution is 2.40. The SMILES string of the molecule is CC(=O)OCCc1ccc(Nc2cc(Cl)c(C(F)(F)F)cc2NC(=O)CCCc2cccnc2)cc1. The molecule has 0 saturated carbocycles. The Labute approximate surface area is 211 Å². The number of esters is 1. The molecule has 0 atom stereocenters. The third kappa shape index (κ3) is 8.27. The summed E-state index contributed by atoms with van der Waals surface area (Å²) in [6, 6.07) is 12.7. The van der Waals surface area contributed by atoms with Crippen LogP contribution in [0.5, 0.6) is 0 Å². The van der Waals surface area contributed by atoms with Crippen LogP contribution < -0.4 is 10.6 Å². The molecule has 0 saturated heterocycles. The van der Waals surface area contributed by atoms with Crippen LogP contribution in [0.1, 0.15) is 36.5 Å². The van der Waals surface area contributed by atoms with Crippen LogP contribution in [0.25, 0.3) is 0 Å². The molecule has 6 nitrogen and oxygen atoms in total. The summed E-state index contributed by atoms with van der Waals surface area (Å²) in [5.41, 5.74) is 1.61. The molecule has 0 aliphatic carbocycles. The Balaban J connectivity index is 1.73. The van der Waals surface area contributed by atoms with Crippen molar-refractivity contribution in [3.8, 4) is 0 Å². The molecule has 190 valence electrons. The smallest absolute Gasteiger partial charge is 0.417 e. The number of alkyl halides is 3. The molecule has 0 aliphatic rings. The maximum absolute atomic E-state index is 13.5. The van der Waals surface area contributed by atoms with E-state index in [9.17, 15) is 22.8 Å². The Hall–Kier alpha value is -3.59. The van der Waals surface area contributed by atoms with Crippen molar-refractivity contribution in [3.63, 3.8) is 0 Å². The largest absolute Gasteiger partial charge is 0.466 e. The molecule has 0 spiro atoms. The van der Waals surface area contributed by atoms with Crippen LogP contribution in [0.3, 0.4) is 0 Å². The second-order valence-corrected chi connectivity index (χ2v) is 8.46. The van der Waals surface area contributed by atoms with Gasteiger partial charge in [0.2, 0.25) is 5.91 Å². The van der Waals surface area contributed by atoms with Crippen molar-refractivity contribution in [2.45, 2.75) is 38.8 Å². The lowest BCUT2D eigenvalue weighted by molar-refractivity contribution is -0.141. The Morgan fingerprint density at radius 1 is 1.03 bits per heavy atom. The first-order chi connectivity index (χ1) is 17.1. The molecule has 0 unspecified atom stereocenters. The maximum Gasteiger partial charge on any atom is 0.417 e. The highest BCUT2D eigenvalue weighted by atomic mass is 35.5. The highest BCUT2D eigenvalue weighted by Gasteiger charge is 2.34. The van der Waals surface area contributed by atoms with Gasteiger partial charge in [-0.2, -0.15) is 13.2 Å². The molecular weight excluding hydrogens is 495 g/mol. The van der Waals surface area contributed by atoms with Gasteiger partial charge in [-0.15, -0.1) is 0 Å². The minimum absolute atomic E-state index is 0.0305. The lowest BCUT2D eigenvalue weighted by Gasteiger charge is -2.18. The standard InChI is InChI=1S/C26H25ClF3N3O3/c1-17(34)36-13-11-18-7-9-20(10-8-18)32-24-15-22(27)21(26(28,29)30)14-23(24)33-25(35)6-2-4-19-5-3-12-31-16-19/h3,5,7-10,12,14-16,32H,2,4,6,11,13H2,1H3,(H,33,35). The summed E-state index contributed by atoms with van der Waals surface area (Å²) < 4.78 is 45.3. The zero-order chi connectivity index (χ0) is 26.1. The first kappa shape index (κ1) is 27.0. The molecule has 2 aromatic carbocycles. The summed E-state index contributed by atoms with van der Waals surface area (Å²) in [7, 11) is 0. The fourth-order valence-electron chi connectivity index (χ4n) is 3.43. The fraction of sp³-hybridized carbons (Fsp3) is 0.269. The van der Waals surface area contributed by atoms with Crippen LogP contribution in [-0.2, 0) is 33.3 Å². The summed E-state index contributed by atoms with van der Waals surface area (Å²) >= 11 is 5.93. The number of carbonyl (C=O) groups excluding carboxylic acids is 2. The van der Waals surface area contributed by atoms with E-state index in [1.54, 1.807) is 42.7 Å². The van der Waals surface area contributed by atoms with Crippen molar-refractivity contribution in [2.24, 2.45) is 0 Å². The number of pyridine rings is 1. The first-order valence-corrected chi connectivity index (χ1v) is 11.6. The zero-order valence-corrected chi connectivity index (χ0v) is 20.2. The van der Waals surface area contributed by atoms with E-state index in [-0.39, 0.29) is 30.4 Å². The van der Waals surface area contributed by atoms with E-state index >= 15 is 0 Å². The number of benzene rings is 2. The van der Waals surface area contributed by atoms with Crippen LogP contribution >= 0.6 is 11.6 Å². The Bertz CT molecular complexity index is 1190. The first-order valence-electron chi connectivity index (χ1n) is 11.2. The third-order valence-electron chi connectivity index (χ3n) is 5.21. The molecule has 2 N–H and O–H groups in total. The van der Waals surface area contributed by atoms with Crippen molar-refractivity contribution in [2.75, 3.05) is 17.2 Å². The molecular formula is C26H25ClF3N3O3. The Kier molecular flexibility index (Phi) is 9.30. The summed E-state index contributed by atoms with van der Waals surface area (Å²) in [6.45, 7) is 1.58. The lowest BCUT2D eigenvalue weighted by Crippen LogP contribution is -2.15. The number of hydrogen-bond donors (Lipinski definition) is 2. The lowest BCUT2D eigenvalue weighted by atomic mass is 10.1. The molecule has 1 aromatic heterocycles. The highest BCUT2D eigenvalue weighted by molar-refractivity contribution is 6.32. The third-order valence-corrected chi connectivity index (χ3v) is 5.52. The van der Waals surface area contributed by atoms with Gasteiger partial charge in [-0.3, -0.25) is 14.6 Å². The van der Waals surface area contributed by atoms with E-state index in [4.69, 9.17) is 16.3 Å². The second kappa shape index (κ2) is 12.4. The number of anilines is 3. The van der Waals surface area contributed by atoms with E-state index in [1.165, 1.54) is 6.92 Å². The van der Waals surface area contributed by atoms with E-state index in [0.29, 0.717) is 24.9 Å². The predicted octanol–water partition coefficient (Wildman–Crippen LogP) is 6.56. The van der Waals surface area contributed by atoms with Gasteiger partial charge >= 0.3 is 12.1 Å². The van der Waals surface area contributed by atoms with Crippen LogP contribution in [0.15, 0.2) is 60.9 Å². The van der Waals surface area contributed by atoms with Crippen LogP contribution in [-0.4, -0.2) is 23.5 Å². The van der Waals surface area contributed by atoms with Crippen molar-refractivity contribution in [3.05, 3.63) is 82.6 Å². The average Bonchev–Trinajstić information content (AvgIpc) is 2.81. The number of ether oxygens (including phenoxy) is 1. The average molecular weight is 520 g/mol. The summed E-state index contributed by atoms with van der Waals surface area (Å²) in [6.07, 6.45) is 0.441. The number of halogens is 4. The van der Waals surface area contributed by atoms with Gasteiger partial charge in [0.1, 0.15) is 0 Å². The van der Waals surface area contributed by atoms with Crippen molar-refractivity contribution in [1.82, 2.24) is 4.98 Å². The molecule has 0 aliphatic heterocycles. The molecule has 10 heteroatoms. The molecule has 1 heterocycles. The minimum atomic E-state index is -4.68. The Morgan fingerprint density at radius 2 is 1.78 bits per heavy atom. The normalized spacial score (nSPS) is 11.1. The monoisotopic (exact) mass is 519 g/mol. The van der Waals surface area contributed by atoms with E-state index in [2.05, 4.69) is 15.6 Å². The minimum Gasteiger partial charge on any atom is -0.466 e. The quantitative estimate of drug-likeness (QED) is 0.296. The van der Waals surface area contributed by atoms with Gasteiger partial charge in [0.05, 0.1) is 28.6 Å². The second-order valence-electron chi connectivity index (χ2n) is 8.05. The number of hydrogen-bond acceptors (Lipinski definition) is 5. The van der Waals surface area contributed by atoms with Gasteiger partial charge in [0, 0.05) is 37.8 Å². The van der Waals surface area contributed by atoms with E-state index in [1.807, 2.05) is 6.07 Å². The summed E-state index contributed by atoms with van der Waals surface area (Å²) in [4.78, 5) is 27.5. The van der Waals surface area contributed by atoms with Gasteiger partial charge in [-0.1, -0.05) is 29.8 Å². The van der Waals surface area contributed by atoms with Crippen LogP contribution in [0, 0.1) is 0 Å². The van der Waals surface area contributed by atoms with Gasteiger partial charge in [0.15, 0.2) is 0 Å². The van der Waals surface area contributed by atoms with Gasteiger partial charge < -0.3 is 15.4 Å². The number of nitrogens with zero attached hydrogens (tertiary/aromatic N) is 1. The maximum atomic E-state index is 13.5. The van der Waals surface area contributed by atoms with Crippen molar-refractivity contribution >= 4 is 40.5 Å². The van der Waals surface area contributed by atoms with E-state index in [0.717, 1.165) is 23.3 Å². The number of aromatic nitrogens is 1. The van der Waals surface area contributed by atoms with Crippen molar-refractivity contribution < 1.29 is 27.5 Å². The zero-order valence-electron chi connectivity index (χ0n) is 19.5. The van der Waals surface area contributed by atoms with E-state index < -0.39 is 22.7 Å². The number of aryl methyl sites for hydroxylation is 1. The van der Waals surface area contributed by atoms with Gasteiger partial charge in [-0.05, 0) is 54.3 Å². The molecule has 3 rings (SSSR count). The fourth-order valence-corrected chi connectivity index (χ4v) is 3.70. The topological polar surface area (TPSA) is 80.3 Å². The number of rotatable bonds is 10. The predicted molar refractivity (Wildman–Crippen MR) is 132 cm³/mol. The summed E-state index contributed by atoms with van der Waals surface area (Å²) in [5.74, 6) is -0.780. The molecule has 0 bridgehead atoms. The Morgan fingerprint density at radius 3 is 2.42 bits per heavy atom. The number of nitrogens with one attached hydrogen (secondary N) is 2. The molecule has 36 heavy (non-hydrogen) atoms. The van der Waals surface area contributed by atoms with Gasteiger partial charge in [-0.25, -0.2) is 0 Å². The molecule has 0 radical (unpaired) electrons. The van der Waals surface area contributed by atoms with Gasteiger partial charge in [0.25, 0.3) is 0 Å².